The number of carbonyl (C=O) groups is 1. The van der Waals surface area contributed by atoms with E-state index < -0.39 is 0 Å². The first-order valence-corrected chi connectivity index (χ1v) is 9.42. The summed E-state index contributed by atoms with van der Waals surface area (Å²) in [6, 6.07) is 17.1. The highest BCUT2D eigenvalue weighted by atomic mass is 16.5. The quantitative estimate of drug-likeness (QED) is 0.525. The van der Waals surface area contributed by atoms with Crippen molar-refractivity contribution in [2.24, 2.45) is 0 Å². The molecule has 1 fully saturated rings. The monoisotopic (exact) mass is 369 g/mol. The lowest BCUT2D eigenvalue weighted by Gasteiger charge is -2.26. The molecule has 1 amide bonds. The van der Waals surface area contributed by atoms with Gasteiger partial charge in [0.05, 0.1) is 18.8 Å². The largest absolute Gasteiger partial charge is 0.473 e. The molecule has 0 atom stereocenters. The number of amides is 1. The number of hydrogen-bond acceptors (Lipinski definition) is 5. The second-order valence-corrected chi connectivity index (χ2v) is 6.39. The Bertz CT molecular complexity index is 703. The maximum Gasteiger partial charge on any atom is 0.253 e. The first kappa shape index (κ1) is 19.2. The third kappa shape index (κ3) is 6.27. The molecule has 2 N–H and O–H groups in total. The minimum absolute atomic E-state index is 0.0696. The van der Waals surface area contributed by atoms with E-state index in [1.165, 1.54) is 0 Å². The minimum Gasteiger partial charge on any atom is -0.473 e. The van der Waals surface area contributed by atoms with E-state index in [-0.39, 0.29) is 5.91 Å². The minimum atomic E-state index is -0.0696. The SMILES string of the molecule is O=C(NCCCN1CCOCC1)c1ccccc1NCOc1ccccc1. The van der Waals surface area contributed by atoms with Crippen molar-refractivity contribution >= 4 is 11.6 Å². The molecule has 0 aliphatic carbocycles. The van der Waals surface area contributed by atoms with Gasteiger partial charge in [-0.05, 0) is 37.2 Å². The van der Waals surface area contributed by atoms with Crippen LogP contribution in [0.3, 0.4) is 0 Å². The van der Waals surface area contributed by atoms with E-state index in [0.29, 0.717) is 18.8 Å². The van der Waals surface area contributed by atoms with Crippen LogP contribution in [-0.2, 0) is 4.74 Å². The first-order valence-electron chi connectivity index (χ1n) is 9.42. The van der Waals surface area contributed by atoms with Crippen molar-refractivity contribution in [1.82, 2.24) is 10.2 Å². The van der Waals surface area contributed by atoms with E-state index in [0.717, 1.165) is 50.7 Å². The van der Waals surface area contributed by atoms with E-state index in [4.69, 9.17) is 9.47 Å². The number of para-hydroxylation sites is 2. The van der Waals surface area contributed by atoms with E-state index in [2.05, 4.69) is 15.5 Å². The van der Waals surface area contributed by atoms with Gasteiger partial charge < -0.3 is 20.1 Å². The molecule has 2 aromatic carbocycles. The van der Waals surface area contributed by atoms with Crippen molar-refractivity contribution in [3.63, 3.8) is 0 Å². The fourth-order valence-corrected chi connectivity index (χ4v) is 2.97. The van der Waals surface area contributed by atoms with Gasteiger partial charge in [-0.1, -0.05) is 30.3 Å². The lowest BCUT2D eigenvalue weighted by Crippen LogP contribution is -2.38. The third-order valence-corrected chi connectivity index (χ3v) is 4.46. The molecule has 1 saturated heterocycles. The number of anilines is 1. The number of hydrogen-bond donors (Lipinski definition) is 2. The fraction of sp³-hybridized carbons (Fsp3) is 0.381. The molecule has 6 heteroatoms. The fourth-order valence-electron chi connectivity index (χ4n) is 2.97. The number of nitrogens with one attached hydrogen (secondary N) is 2. The molecule has 0 saturated carbocycles. The molecule has 0 bridgehead atoms. The topological polar surface area (TPSA) is 62.8 Å². The summed E-state index contributed by atoms with van der Waals surface area (Å²) in [5.74, 6) is 0.717. The normalized spacial score (nSPS) is 14.5. The summed E-state index contributed by atoms with van der Waals surface area (Å²) in [7, 11) is 0. The van der Waals surface area contributed by atoms with Crippen LogP contribution >= 0.6 is 0 Å². The maximum absolute atomic E-state index is 12.5. The Morgan fingerprint density at radius 3 is 2.59 bits per heavy atom. The van der Waals surface area contributed by atoms with Crippen LogP contribution in [0.5, 0.6) is 5.75 Å². The highest BCUT2D eigenvalue weighted by Gasteiger charge is 2.12. The highest BCUT2D eigenvalue weighted by molar-refractivity contribution is 5.99. The molecule has 1 aliphatic rings. The Kier molecular flexibility index (Phi) is 7.50. The Labute approximate surface area is 160 Å². The van der Waals surface area contributed by atoms with Gasteiger partial charge in [0.25, 0.3) is 5.91 Å². The van der Waals surface area contributed by atoms with Gasteiger partial charge in [0, 0.05) is 25.3 Å². The Hall–Kier alpha value is -2.57. The van der Waals surface area contributed by atoms with Crippen LogP contribution in [0.4, 0.5) is 5.69 Å². The number of rotatable bonds is 9. The van der Waals surface area contributed by atoms with Crippen LogP contribution in [0.25, 0.3) is 0 Å². The van der Waals surface area contributed by atoms with Crippen molar-refractivity contribution in [2.45, 2.75) is 6.42 Å². The van der Waals surface area contributed by atoms with Crippen LogP contribution < -0.4 is 15.4 Å². The van der Waals surface area contributed by atoms with Crippen molar-refractivity contribution in [1.29, 1.82) is 0 Å². The van der Waals surface area contributed by atoms with E-state index in [1.54, 1.807) is 0 Å². The molecule has 6 nitrogen and oxygen atoms in total. The predicted octanol–water partition coefficient (Wildman–Crippen LogP) is 2.59. The number of benzene rings is 2. The molecular formula is C21H27N3O3. The number of ether oxygens (including phenoxy) is 2. The predicted molar refractivity (Wildman–Crippen MR) is 106 cm³/mol. The van der Waals surface area contributed by atoms with Gasteiger partial charge in [-0.15, -0.1) is 0 Å². The van der Waals surface area contributed by atoms with Crippen LogP contribution in [0.15, 0.2) is 54.6 Å². The number of morpholine rings is 1. The Morgan fingerprint density at radius 2 is 1.78 bits per heavy atom. The van der Waals surface area contributed by atoms with Crippen molar-refractivity contribution < 1.29 is 14.3 Å². The van der Waals surface area contributed by atoms with Crippen LogP contribution in [0, 0.1) is 0 Å². The third-order valence-electron chi connectivity index (χ3n) is 4.46. The molecule has 1 heterocycles. The van der Waals surface area contributed by atoms with E-state index >= 15 is 0 Å². The second kappa shape index (κ2) is 10.5. The number of carbonyl (C=O) groups excluding carboxylic acids is 1. The van der Waals surface area contributed by atoms with Crippen LogP contribution in [-0.4, -0.2) is 56.9 Å². The molecule has 2 aromatic rings. The Morgan fingerprint density at radius 1 is 1.04 bits per heavy atom. The average Bonchev–Trinajstić information content (AvgIpc) is 2.73. The molecule has 0 spiro atoms. The summed E-state index contributed by atoms with van der Waals surface area (Å²) in [6.07, 6.45) is 0.929. The number of nitrogens with zero attached hydrogens (tertiary/aromatic N) is 1. The summed E-state index contributed by atoms with van der Waals surface area (Å²) in [5, 5.41) is 6.19. The van der Waals surface area contributed by atoms with Gasteiger partial charge in [-0.25, -0.2) is 0 Å². The van der Waals surface area contributed by atoms with Crippen molar-refractivity contribution in [3.8, 4) is 5.75 Å². The van der Waals surface area contributed by atoms with Gasteiger partial charge >= 0.3 is 0 Å². The first-order chi connectivity index (χ1) is 13.3. The molecule has 0 aromatic heterocycles. The van der Waals surface area contributed by atoms with Crippen molar-refractivity contribution in [3.05, 3.63) is 60.2 Å². The molecule has 3 rings (SSSR count). The molecule has 0 radical (unpaired) electrons. The zero-order valence-electron chi connectivity index (χ0n) is 15.5. The van der Waals surface area contributed by atoms with E-state index in [9.17, 15) is 4.79 Å². The highest BCUT2D eigenvalue weighted by Crippen LogP contribution is 2.15. The van der Waals surface area contributed by atoms with Gasteiger partial charge in [0.2, 0.25) is 0 Å². The lowest BCUT2D eigenvalue weighted by atomic mass is 10.1. The molecule has 144 valence electrons. The molecular weight excluding hydrogens is 342 g/mol. The average molecular weight is 369 g/mol. The second-order valence-electron chi connectivity index (χ2n) is 6.39. The lowest BCUT2D eigenvalue weighted by molar-refractivity contribution is 0.0374. The summed E-state index contributed by atoms with van der Waals surface area (Å²) in [4.78, 5) is 14.9. The zero-order valence-corrected chi connectivity index (χ0v) is 15.5. The smallest absolute Gasteiger partial charge is 0.253 e. The summed E-state index contributed by atoms with van der Waals surface area (Å²) >= 11 is 0. The summed E-state index contributed by atoms with van der Waals surface area (Å²) in [6.45, 7) is 5.49. The molecule has 1 aliphatic heterocycles. The van der Waals surface area contributed by atoms with Crippen LogP contribution in [0.1, 0.15) is 16.8 Å². The van der Waals surface area contributed by atoms with Gasteiger partial charge in [0.15, 0.2) is 6.73 Å². The summed E-state index contributed by atoms with van der Waals surface area (Å²) < 4.78 is 11.0. The van der Waals surface area contributed by atoms with Crippen LogP contribution in [0.2, 0.25) is 0 Å². The van der Waals surface area contributed by atoms with Gasteiger partial charge in [0.1, 0.15) is 5.75 Å². The zero-order chi connectivity index (χ0) is 18.7. The summed E-state index contributed by atoms with van der Waals surface area (Å²) in [5.41, 5.74) is 1.39. The maximum atomic E-state index is 12.5. The van der Waals surface area contributed by atoms with E-state index in [1.807, 2.05) is 54.6 Å². The molecule has 27 heavy (non-hydrogen) atoms. The van der Waals surface area contributed by atoms with Crippen molar-refractivity contribution in [2.75, 3.05) is 51.4 Å². The van der Waals surface area contributed by atoms with Gasteiger partial charge in [-0.2, -0.15) is 0 Å². The Balaban J connectivity index is 1.43. The standard InChI is InChI=1S/C21H27N3O3/c25-21(22-11-6-12-24-13-15-26-16-14-24)19-9-4-5-10-20(19)23-17-27-18-7-2-1-3-8-18/h1-5,7-10,23H,6,11-17H2,(H,22,25). The molecule has 0 unspecified atom stereocenters. The van der Waals surface area contributed by atoms with Gasteiger partial charge in [-0.3, -0.25) is 9.69 Å².